The first kappa shape index (κ1) is 22.9. The Bertz CT molecular complexity index is 1060. The number of nitrogens with zero attached hydrogens (tertiary/aromatic N) is 3. The molecule has 0 spiro atoms. The molecule has 1 aromatic heterocycles. The second-order valence-corrected chi connectivity index (χ2v) is 9.10. The van der Waals surface area contributed by atoms with Crippen molar-refractivity contribution < 1.29 is 18.7 Å². The number of likely N-dealkylation sites (tertiary alicyclic amines) is 1. The SMILES string of the molecule is CN(Cc1ccccc1)C(=O)C[C@H]1CN(C(=O)c2cncs2)CC[C@@H]1Oc1ccc(F)cc1. The van der Waals surface area contributed by atoms with Gasteiger partial charge in [-0.1, -0.05) is 30.3 Å². The van der Waals surface area contributed by atoms with Gasteiger partial charge in [0.25, 0.3) is 5.91 Å². The molecule has 2 aromatic carbocycles. The lowest BCUT2D eigenvalue weighted by atomic mass is 9.90. The van der Waals surface area contributed by atoms with Gasteiger partial charge in [-0.3, -0.25) is 14.6 Å². The molecule has 0 aliphatic carbocycles. The van der Waals surface area contributed by atoms with E-state index < -0.39 is 0 Å². The Hall–Kier alpha value is -3.26. The smallest absolute Gasteiger partial charge is 0.265 e. The first-order valence-corrected chi connectivity index (χ1v) is 11.8. The fourth-order valence-corrected chi connectivity index (χ4v) is 4.62. The molecule has 0 N–H and O–H groups in total. The number of hydrogen-bond donors (Lipinski definition) is 0. The van der Waals surface area contributed by atoms with Gasteiger partial charge in [-0.2, -0.15) is 0 Å². The molecule has 1 saturated heterocycles. The molecule has 172 valence electrons. The highest BCUT2D eigenvalue weighted by Crippen LogP contribution is 2.28. The molecule has 1 aliphatic rings. The summed E-state index contributed by atoms with van der Waals surface area (Å²) in [5.74, 6) is -0.0526. The zero-order valence-corrected chi connectivity index (χ0v) is 19.2. The van der Waals surface area contributed by atoms with Crippen molar-refractivity contribution in [3.63, 3.8) is 0 Å². The zero-order valence-electron chi connectivity index (χ0n) is 18.4. The van der Waals surface area contributed by atoms with Crippen molar-refractivity contribution >= 4 is 23.2 Å². The van der Waals surface area contributed by atoms with Crippen LogP contribution in [0.4, 0.5) is 4.39 Å². The number of benzene rings is 2. The van der Waals surface area contributed by atoms with Gasteiger partial charge in [0, 0.05) is 45.4 Å². The van der Waals surface area contributed by atoms with E-state index in [1.165, 1.54) is 23.5 Å². The van der Waals surface area contributed by atoms with Crippen LogP contribution in [-0.2, 0) is 11.3 Å². The van der Waals surface area contributed by atoms with Gasteiger partial charge in [0.05, 0.1) is 11.7 Å². The minimum Gasteiger partial charge on any atom is -0.490 e. The Morgan fingerprint density at radius 3 is 2.64 bits per heavy atom. The van der Waals surface area contributed by atoms with Crippen molar-refractivity contribution in [1.29, 1.82) is 0 Å². The van der Waals surface area contributed by atoms with Crippen molar-refractivity contribution in [2.75, 3.05) is 20.1 Å². The number of carbonyl (C=O) groups excluding carboxylic acids is 2. The van der Waals surface area contributed by atoms with Crippen molar-refractivity contribution in [3.05, 3.63) is 82.6 Å². The fraction of sp³-hybridized carbons (Fsp3) is 0.320. The van der Waals surface area contributed by atoms with E-state index in [-0.39, 0.29) is 36.1 Å². The summed E-state index contributed by atoms with van der Waals surface area (Å²) in [6.45, 7) is 1.44. The summed E-state index contributed by atoms with van der Waals surface area (Å²) in [5.41, 5.74) is 2.69. The number of piperidine rings is 1. The Labute approximate surface area is 196 Å². The topological polar surface area (TPSA) is 62.7 Å². The monoisotopic (exact) mass is 467 g/mol. The number of halogens is 1. The average Bonchev–Trinajstić information content (AvgIpc) is 3.37. The van der Waals surface area contributed by atoms with Crippen molar-refractivity contribution in [2.45, 2.75) is 25.5 Å². The molecule has 8 heteroatoms. The van der Waals surface area contributed by atoms with Gasteiger partial charge in [0.2, 0.25) is 5.91 Å². The number of thiazole rings is 1. The molecule has 0 unspecified atom stereocenters. The highest BCUT2D eigenvalue weighted by Gasteiger charge is 2.35. The van der Waals surface area contributed by atoms with Crippen LogP contribution in [0.5, 0.6) is 5.75 Å². The Balaban J connectivity index is 1.46. The summed E-state index contributed by atoms with van der Waals surface area (Å²) in [6.07, 6.45) is 2.15. The molecule has 2 atom stereocenters. The van der Waals surface area contributed by atoms with E-state index >= 15 is 0 Å². The minimum atomic E-state index is -0.332. The maximum Gasteiger partial charge on any atom is 0.265 e. The van der Waals surface area contributed by atoms with E-state index in [9.17, 15) is 14.0 Å². The maximum atomic E-state index is 13.3. The summed E-state index contributed by atoms with van der Waals surface area (Å²) < 4.78 is 19.5. The molecule has 6 nitrogen and oxygen atoms in total. The molecule has 3 aromatic rings. The molecular weight excluding hydrogens is 441 g/mol. The molecule has 1 fully saturated rings. The van der Waals surface area contributed by atoms with Gasteiger partial charge in [0.1, 0.15) is 22.5 Å². The molecule has 0 bridgehead atoms. The summed E-state index contributed by atoms with van der Waals surface area (Å²) in [4.78, 5) is 34.0. The lowest BCUT2D eigenvalue weighted by Crippen LogP contribution is -2.49. The molecule has 2 amide bonds. The Kier molecular flexibility index (Phi) is 7.34. The van der Waals surface area contributed by atoms with Gasteiger partial charge in [-0.15, -0.1) is 11.3 Å². The predicted molar refractivity (Wildman–Crippen MR) is 124 cm³/mol. The lowest BCUT2D eigenvalue weighted by molar-refractivity contribution is -0.132. The van der Waals surface area contributed by atoms with Crippen LogP contribution in [0.25, 0.3) is 0 Å². The maximum absolute atomic E-state index is 13.3. The van der Waals surface area contributed by atoms with Gasteiger partial charge in [0.15, 0.2) is 0 Å². The van der Waals surface area contributed by atoms with Crippen LogP contribution in [0, 0.1) is 11.7 Å². The lowest BCUT2D eigenvalue weighted by Gasteiger charge is -2.38. The number of carbonyl (C=O) groups is 2. The van der Waals surface area contributed by atoms with E-state index in [4.69, 9.17) is 4.74 Å². The molecule has 4 rings (SSSR count). The third-order valence-electron chi connectivity index (χ3n) is 5.82. The molecule has 1 aliphatic heterocycles. The number of amides is 2. The van der Waals surface area contributed by atoms with E-state index in [0.717, 1.165) is 5.56 Å². The van der Waals surface area contributed by atoms with Crippen LogP contribution in [0.1, 0.15) is 28.1 Å². The van der Waals surface area contributed by atoms with Crippen LogP contribution in [0.2, 0.25) is 0 Å². The van der Waals surface area contributed by atoms with Crippen LogP contribution >= 0.6 is 11.3 Å². The standard InChI is InChI=1S/C25H26FN3O3S/c1-28(15-18-5-3-2-4-6-18)24(30)13-19-16-29(25(31)23-14-27-17-33-23)12-11-22(19)32-21-9-7-20(26)8-10-21/h2-10,14,17,19,22H,11-13,15-16H2,1H3/t19-,22-/m0/s1. The normalized spacial score (nSPS) is 18.1. The number of aromatic nitrogens is 1. The Morgan fingerprint density at radius 1 is 1.18 bits per heavy atom. The van der Waals surface area contributed by atoms with Crippen molar-refractivity contribution in [3.8, 4) is 5.75 Å². The van der Waals surface area contributed by atoms with E-state index in [1.807, 2.05) is 30.3 Å². The van der Waals surface area contributed by atoms with Gasteiger partial charge in [-0.25, -0.2) is 4.39 Å². The van der Waals surface area contributed by atoms with E-state index in [1.54, 1.807) is 40.7 Å². The van der Waals surface area contributed by atoms with Crippen LogP contribution in [0.15, 0.2) is 66.3 Å². The Morgan fingerprint density at radius 2 is 1.94 bits per heavy atom. The molecule has 33 heavy (non-hydrogen) atoms. The van der Waals surface area contributed by atoms with Crippen LogP contribution in [-0.4, -0.2) is 52.8 Å². The second-order valence-electron chi connectivity index (χ2n) is 8.22. The molecule has 0 saturated carbocycles. The van der Waals surface area contributed by atoms with Crippen molar-refractivity contribution in [1.82, 2.24) is 14.8 Å². The van der Waals surface area contributed by atoms with E-state index in [2.05, 4.69) is 4.98 Å². The highest BCUT2D eigenvalue weighted by molar-refractivity contribution is 7.11. The molecule has 0 radical (unpaired) electrons. The number of hydrogen-bond acceptors (Lipinski definition) is 5. The number of rotatable bonds is 7. The summed E-state index contributed by atoms with van der Waals surface area (Å²) in [5, 5.41) is 0. The minimum absolute atomic E-state index is 0.0105. The van der Waals surface area contributed by atoms with E-state index in [0.29, 0.717) is 36.7 Å². The first-order valence-electron chi connectivity index (χ1n) is 10.9. The summed E-state index contributed by atoms with van der Waals surface area (Å²) in [7, 11) is 1.79. The fourth-order valence-electron chi connectivity index (χ4n) is 4.04. The highest BCUT2D eigenvalue weighted by atomic mass is 32.1. The zero-order chi connectivity index (χ0) is 23.2. The third kappa shape index (κ3) is 5.96. The second kappa shape index (κ2) is 10.6. The summed E-state index contributed by atoms with van der Waals surface area (Å²) >= 11 is 1.31. The average molecular weight is 468 g/mol. The number of ether oxygens (including phenoxy) is 1. The first-order chi connectivity index (χ1) is 16.0. The van der Waals surface area contributed by atoms with Crippen LogP contribution < -0.4 is 4.74 Å². The largest absolute Gasteiger partial charge is 0.490 e. The predicted octanol–water partition coefficient (Wildman–Crippen LogP) is 4.24. The van der Waals surface area contributed by atoms with Gasteiger partial charge >= 0.3 is 0 Å². The van der Waals surface area contributed by atoms with Crippen LogP contribution in [0.3, 0.4) is 0 Å². The quantitative estimate of drug-likeness (QED) is 0.522. The molecule has 2 heterocycles. The summed E-state index contributed by atoms with van der Waals surface area (Å²) in [6, 6.07) is 15.7. The third-order valence-corrected chi connectivity index (χ3v) is 6.58. The molecular formula is C25H26FN3O3S. The van der Waals surface area contributed by atoms with Gasteiger partial charge in [-0.05, 0) is 29.8 Å². The van der Waals surface area contributed by atoms with Crippen molar-refractivity contribution in [2.24, 2.45) is 5.92 Å². The van der Waals surface area contributed by atoms with Gasteiger partial charge < -0.3 is 14.5 Å².